The lowest BCUT2D eigenvalue weighted by atomic mass is 10.2. The highest BCUT2D eigenvalue weighted by Crippen LogP contribution is 2.09. The molecule has 5 nitrogen and oxygen atoms in total. The number of anilines is 1. The van der Waals surface area contributed by atoms with Crippen LogP contribution in [0.3, 0.4) is 0 Å². The van der Waals surface area contributed by atoms with Crippen molar-refractivity contribution >= 4 is 22.9 Å². The third-order valence-electron chi connectivity index (χ3n) is 2.49. The largest absolute Gasteiger partial charge is 0.389 e. The predicted octanol–water partition coefficient (Wildman–Crippen LogP) is 1.10. The molecular weight excluding hydrogens is 246 g/mol. The zero-order valence-electron chi connectivity index (χ0n) is 10.1. The third-order valence-corrected chi connectivity index (χ3v) is 2.73. The highest BCUT2D eigenvalue weighted by atomic mass is 32.1. The number of nitrogens with two attached hydrogens (primary N) is 1. The maximum Gasteiger partial charge on any atom is 0.152 e. The van der Waals surface area contributed by atoms with Gasteiger partial charge in [-0.25, -0.2) is 4.98 Å². The van der Waals surface area contributed by atoms with E-state index in [0.717, 1.165) is 30.0 Å². The van der Waals surface area contributed by atoms with E-state index in [1.54, 1.807) is 11.0 Å². The fourth-order valence-electron chi connectivity index (χ4n) is 1.57. The molecular formula is C12H15N5S. The summed E-state index contributed by atoms with van der Waals surface area (Å²) in [6.45, 7) is 0.788. The molecule has 18 heavy (non-hydrogen) atoms. The minimum atomic E-state index is 0.416. The molecule has 0 aliphatic heterocycles. The van der Waals surface area contributed by atoms with Crippen molar-refractivity contribution < 1.29 is 0 Å². The van der Waals surface area contributed by atoms with Gasteiger partial charge in [-0.1, -0.05) is 12.2 Å². The summed E-state index contributed by atoms with van der Waals surface area (Å²) < 4.78 is 1.70. The van der Waals surface area contributed by atoms with Crippen LogP contribution in [0.2, 0.25) is 0 Å². The van der Waals surface area contributed by atoms with Gasteiger partial charge in [-0.05, 0) is 24.3 Å². The Morgan fingerprint density at radius 2 is 2.11 bits per heavy atom. The van der Waals surface area contributed by atoms with Gasteiger partial charge in [0.1, 0.15) is 11.3 Å². The smallest absolute Gasteiger partial charge is 0.152 e. The average Bonchev–Trinajstić information content (AvgIpc) is 2.76. The second kappa shape index (κ2) is 5.59. The molecule has 0 atom stereocenters. The van der Waals surface area contributed by atoms with Gasteiger partial charge in [0.15, 0.2) is 5.82 Å². The van der Waals surface area contributed by atoms with Crippen LogP contribution in [0.4, 0.5) is 5.69 Å². The number of thiocarbonyl (C=S) groups is 1. The Morgan fingerprint density at radius 3 is 2.67 bits per heavy atom. The molecule has 1 aromatic carbocycles. The topological polar surface area (TPSA) is 68.8 Å². The number of hydrogen-bond acceptors (Lipinski definition) is 4. The first-order valence-electron chi connectivity index (χ1n) is 5.63. The van der Waals surface area contributed by atoms with E-state index in [0.29, 0.717) is 4.99 Å². The van der Waals surface area contributed by atoms with Crippen molar-refractivity contribution in [1.29, 1.82) is 0 Å². The van der Waals surface area contributed by atoms with Crippen LogP contribution in [0.15, 0.2) is 30.6 Å². The zero-order valence-corrected chi connectivity index (χ0v) is 10.9. The summed E-state index contributed by atoms with van der Waals surface area (Å²) in [6.07, 6.45) is 2.49. The van der Waals surface area contributed by atoms with E-state index < -0.39 is 0 Å². The molecule has 0 aliphatic carbocycles. The van der Waals surface area contributed by atoms with Gasteiger partial charge >= 0.3 is 0 Å². The number of nitrogens with one attached hydrogen (secondary N) is 1. The molecule has 2 rings (SSSR count). The monoisotopic (exact) mass is 261 g/mol. The van der Waals surface area contributed by atoms with Gasteiger partial charge in [0.25, 0.3) is 0 Å². The van der Waals surface area contributed by atoms with Gasteiger partial charge in [-0.3, -0.25) is 4.68 Å². The van der Waals surface area contributed by atoms with E-state index in [4.69, 9.17) is 18.0 Å². The van der Waals surface area contributed by atoms with Crippen LogP contribution < -0.4 is 11.1 Å². The molecule has 6 heteroatoms. The molecule has 0 saturated carbocycles. The number of nitrogens with zero attached hydrogens (tertiary/aromatic N) is 3. The van der Waals surface area contributed by atoms with Crippen molar-refractivity contribution in [3.8, 4) is 0 Å². The fraction of sp³-hybridized carbons (Fsp3) is 0.250. The third kappa shape index (κ3) is 3.27. The minimum absolute atomic E-state index is 0.416. The van der Waals surface area contributed by atoms with Crippen LogP contribution >= 0.6 is 12.2 Å². The highest BCUT2D eigenvalue weighted by molar-refractivity contribution is 7.80. The van der Waals surface area contributed by atoms with Gasteiger partial charge in [-0.15, -0.1) is 0 Å². The minimum Gasteiger partial charge on any atom is -0.389 e. The van der Waals surface area contributed by atoms with E-state index in [9.17, 15) is 0 Å². The van der Waals surface area contributed by atoms with Crippen LogP contribution in [-0.2, 0) is 13.5 Å². The molecule has 0 spiro atoms. The second-order valence-electron chi connectivity index (χ2n) is 3.95. The quantitative estimate of drug-likeness (QED) is 0.789. The zero-order chi connectivity index (χ0) is 13.0. The second-order valence-corrected chi connectivity index (χ2v) is 4.39. The Kier molecular flexibility index (Phi) is 3.88. The van der Waals surface area contributed by atoms with Crippen molar-refractivity contribution in [1.82, 2.24) is 14.8 Å². The van der Waals surface area contributed by atoms with Gasteiger partial charge in [0.05, 0.1) is 0 Å². The van der Waals surface area contributed by atoms with Crippen molar-refractivity contribution in [2.75, 3.05) is 11.9 Å². The molecule has 2 aromatic rings. The number of hydrogen-bond donors (Lipinski definition) is 2. The van der Waals surface area contributed by atoms with E-state index in [-0.39, 0.29) is 0 Å². The lowest BCUT2D eigenvalue weighted by Gasteiger charge is -2.05. The summed E-state index contributed by atoms with van der Waals surface area (Å²) in [6, 6.07) is 7.73. The summed E-state index contributed by atoms with van der Waals surface area (Å²) >= 11 is 4.90. The molecule has 1 heterocycles. The number of aromatic nitrogens is 3. The van der Waals surface area contributed by atoms with Crippen molar-refractivity contribution in [3.63, 3.8) is 0 Å². The average molecular weight is 261 g/mol. The van der Waals surface area contributed by atoms with E-state index in [1.807, 2.05) is 31.3 Å². The molecule has 94 valence electrons. The molecule has 0 unspecified atom stereocenters. The maximum atomic E-state index is 5.53. The maximum absolute atomic E-state index is 5.53. The van der Waals surface area contributed by atoms with Crippen LogP contribution in [0.5, 0.6) is 0 Å². The molecule has 0 amide bonds. The Labute approximate surface area is 111 Å². The first-order chi connectivity index (χ1) is 8.65. The summed E-state index contributed by atoms with van der Waals surface area (Å²) in [7, 11) is 1.86. The number of aryl methyl sites for hydroxylation is 1. The van der Waals surface area contributed by atoms with Crippen molar-refractivity contribution in [2.24, 2.45) is 12.8 Å². The van der Waals surface area contributed by atoms with E-state index >= 15 is 0 Å². The predicted molar refractivity (Wildman–Crippen MR) is 75.5 cm³/mol. The normalized spacial score (nSPS) is 10.3. The standard InChI is InChI=1S/C12H15N5S/c1-17-8-15-11(16-17)6-7-14-10-4-2-9(3-5-10)12(13)18/h2-5,8,14H,6-7H2,1H3,(H2,13,18). The summed E-state index contributed by atoms with van der Waals surface area (Å²) in [5.74, 6) is 0.838. The molecule has 0 fully saturated rings. The van der Waals surface area contributed by atoms with Crippen LogP contribution in [0.1, 0.15) is 11.4 Å². The Balaban J connectivity index is 1.85. The first-order valence-corrected chi connectivity index (χ1v) is 6.04. The lowest BCUT2D eigenvalue weighted by molar-refractivity contribution is 0.742. The van der Waals surface area contributed by atoms with Gasteiger partial charge in [0.2, 0.25) is 0 Å². The molecule has 1 aromatic heterocycles. The summed E-state index contributed by atoms with van der Waals surface area (Å²) in [5.41, 5.74) is 7.44. The van der Waals surface area contributed by atoms with Crippen LogP contribution in [-0.4, -0.2) is 26.3 Å². The first kappa shape index (κ1) is 12.5. The van der Waals surface area contributed by atoms with Crippen LogP contribution in [0, 0.1) is 0 Å². The molecule has 0 radical (unpaired) electrons. The Morgan fingerprint density at radius 1 is 1.39 bits per heavy atom. The van der Waals surface area contributed by atoms with Crippen molar-refractivity contribution in [2.45, 2.75) is 6.42 Å². The lowest BCUT2D eigenvalue weighted by Crippen LogP contribution is -2.10. The summed E-state index contributed by atoms with van der Waals surface area (Å²) in [4.78, 5) is 4.58. The van der Waals surface area contributed by atoms with Gasteiger partial charge < -0.3 is 11.1 Å². The van der Waals surface area contributed by atoms with Gasteiger partial charge in [0, 0.05) is 31.3 Å². The van der Waals surface area contributed by atoms with Crippen LogP contribution in [0.25, 0.3) is 0 Å². The van der Waals surface area contributed by atoms with E-state index in [2.05, 4.69) is 15.4 Å². The number of benzene rings is 1. The van der Waals surface area contributed by atoms with Gasteiger partial charge in [-0.2, -0.15) is 5.10 Å². The number of rotatable bonds is 5. The summed E-state index contributed by atoms with van der Waals surface area (Å²) in [5, 5.41) is 7.51. The fourth-order valence-corrected chi connectivity index (χ4v) is 1.71. The molecule has 3 N–H and O–H groups in total. The SMILES string of the molecule is Cn1cnc(CCNc2ccc(C(N)=S)cc2)n1. The molecule has 0 saturated heterocycles. The Hall–Kier alpha value is -1.95. The molecule has 0 bridgehead atoms. The highest BCUT2D eigenvalue weighted by Gasteiger charge is 1.99. The molecule has 0 aliphatic rings. The Bertz CT molecular complexity index is 532. The van der Waals surface area contributed by atoms with E-state index in [1.165, 1.54) is 0 Å². The van der Waals surface area contributed by atoms with Crippen molar-refractivity contribution in [3.05, 3.63) is 42.0 Å².